The molecule has 0 saturated heterocycles. The number of nitrogens with zero attached hydrogens (tertiary/aromatic N) is 1. The highest BCUT2D eigenvalue weighted by Gasteiger charge is 2.07. The van der Waals surface area contributed by atoms with Crippen LogP contribution in [0.25, 0.3) is 17.2 Å². The van der Waals surface area contributed by atoms with Crippen LogP contribution in [0.1, 0.15) is 18.1 Å². The van der Waals surface area contributed by atoms with Crippen molar-refractivity contribution in [3.8, 4) is 17.2 Å². The van der Waals surface area contributed by atoms with E-state index in [1.165, 1.54) is 0 Å². The Bertz CT molecular complexity index is 660. The molecule has 2 aromatic carbocycles. The normalized spacial score (nSPS) is 12.0. The summed E-state index contributed by atoms with van der Waals surface area (Å²) in [4.78, 5) is 0. The number of benzene rings is 2. The van der Waals surface area contributed by atoms with Crippen LogP contribution in [0.2, 0.25) is 0 Å². The predicted octanol–water partition coefficient (Wildman–Crippen LogP) is 5.06. The SMILES string of the molecule is C=CC(C)/C=C/c1cccc(-c2ccccc2)c1C#N. The Morgan fingerprint density at radius 1 is 1.10 bits per heavy atom. The average Bonchev–Trinajstić information content (AvgIpc) is 2.52. The molecule has 0 spiro atoms. The van der Waals surface area contributed by atoms with Gasteiger partial charge in [-0.05, 0) is 17.0 Å². The summed E-state index contributed by atoms with van der Waals surface area (Å²) in [6, 6.07) is 18.3. The van der Waals surface area contributed by atoms with Crippen LogP contribution in [-0.4, -0.2) is 0 Å². The van der Waals surface area contributed by atoms with E-state index in [2.05, 4.69) is 25.6 Å². The lowest BCUT2D eigenvalue weighted by atomic mass is 9.95. The lowest BCUT2D eigenvalue weighted by Gasteiger charge is -2.07. The Morgan fingerprint density at radius 3 is 2.50 bits per heavy atom. The van der Waals surface area contributed by atoms with Crippen molar-refractivity contribution in [2.24, 2.45) is 5.92 Å². The molecule has 0 amide bonds. The molecule has 2 rings (SSSR count). The van der Waals surface area contributed by atoms with Crippen molar-refractivity contribution in [1.29, 1.82) is 5.26 Å². The summed E-state index contributed by atoms with van der Waals surface area (Å²) in [5.74, 6) is 0.293. The third-order valence-electron chi connectivity index (χ3n) is 3.24. The molecule has 0 aliphatic carbocycles. The van der Waals surface area contributed by atoms with E-state index in [1.54, 1.807) is 0 Å². The number of rotatable bonds is 4. The van der Waals surface area contributed by atoms with Gasteiger partial charge >= 0.3 is 0 Å². The van der Waals surface area contributed by atoms with E-state index in [9.17, 15) is 5.26 Å². The molecule has 0 N–H and O–H groups in total. The largest absolute Gasteiger partial charge is 0.192 e. The minimum atomic E-state index is 0.293. The highest BCUT2D eigenvalue weighted by molar-refractivity contribution is 5.76. The molecule has 0 saturated carbocycles. The molecule has 0 aromatic heterocycles. The van der Waals surface area contributed by atoms with Gasteiger partial charge in [-0.25, -0.2) is 0 Å². The Balaban J connectivity index is 2.49. The van der Waals surface area contributed by atoms with Gasteiger partial charge in [0.1, 0.15) is 6.07 Å². The lowest BCUT2D eigenvalue weighted by Crippen LogP contribution is -1.89. The minimum Gasteiger partial charge on any atom is -0.192 e. The molecular weight excluding hydrogens is 242 g/mol. The first kappa shape index (κ1) is 13.8. The fourth-order valence-electron chi connectivity index (χ4n) is 2.03. The summed E-state index contributed by atoms with van der Waals surface area (Å²) in [6.45, 7) is 5.83. The second-order valence-corrected chi connectivity index (χ2v) is 4.70. The van der Waals surface area contributed by atoms with Gasteiger partial charge in [-0.1, -0.05) is 73.7 Å². The van der Waals surface area contributed by atoms with Gasteiger partial charge in [0.15, 0.2) is 0 Å². The molecule has 0 aliphatic heterocycles. The van der Waals surface area contributed by atoms with Gasteiger partial charge < -0.3 is 0 Å². The Hall–Kier alpha value is -2.59. The van der Waals surface area contributed by atoms with Crippen LogP contribution >= 0.6 is 0 Å². The van der Waals surface area contributed by atoms with E-state index in [1.807, 2.05) is 60.7 Å². The highest BCUT2D eigenvalue weighted by Crippen LogP contribution is 2.26. The fraction of sp³-hybridized carbons (Fsp3) is 0.105. The molecule has 0 bridgehead atoms. The van der Waals surface area contributed by atoms with Crippen LogP contribution in [-0.2, 0) is 0 Å². The van der Waals surface area contributed by atoms with E-state index in [4.69, 9.17) is 0 Å². The van der Waals surface area contributed by atoms with Crippen molar-refractivity contribution in [1.82, 2.24) is 0 Å². The lowest BCUT2D eigenvalue weighted by molar-refractivity contribution is 0.949. The molecule has 1 atom stereocenters. The van der Waals surface area contributed by atoms with Gasteiger partial charge in [-0.15, -0.1) is 6.58 Å². The predicted molar refractivity (Wildman–Crippen MR) is 85.0 cm³/mol. The molecule has 0 radical (unpaired) electrons. The van der Waals surface area contributed by atoms with Crippen LogP contribution < -0.4 is 0 Å². The Labute approximate surface area is 120 Å². The van der Waals surface area contributed by atoms with Crippen molar-refractivity contribution in [2.75, 3.05) is 0 Å². The summed E-state index contributed by atoms with van der Waals surface area (Å²) >= 11 is 0. The molecule has 20 heavy (non-hydrogen) atoms. The summed E-state index contributed by atoms with van der Waals surface area (Å²) in [6.07, 6.45) is 5.93. The first-order valence-electron chi connectivity index (χ1n) is 6.65. The first-order valence-corrected chi connectivity index (χ1v) is 6.65. The minimum absolute atomic E-state index is 0.293. The monoisotopic (exact) mass is 259 g/mol. The average molecular weight is 259 g/mol. The van der Waals surface area contributed by atoms with Crippen molar-refractivity contribution >= 4 is 6.08 Å². The molecule has 98 valence electrons. The molecule has 1 heteroatoms. The summed E-state index contributed by atoms with van der Waals surface area (Å²) in [5, 5.41) is 9.48. The van der Waals surface area contributed by atoms with Gasteiger partial charge in [0.2, 0.25) is 0 Å². The quantitative estimate of drug-likeness (QED) is 0.704. The van der Waals surface area contributed by atoms with Gasteiger partial charge in [-0.3, -0.25) is 0 Å². The molecule has 0 heterocycles. The second-order valence-electron chi connectivity index (χ2n) is 4.70. The Morgan fingerprint density at radius 2 is 1.85 bits per heavy atom. The maximum atomic E-state index is 9.48. The number of hydrogen-bond donors (Lipinski definition) is 0. The van der Waals surface area contributed by atoms with Crippen molar-refractivity contribution < 1.29 is 0 Å². The zero-order valence-electron chi connectivity index (χ0n) is 11.6. The standard InChI is InChI=1S/C19H17N/c1-3-15(2)12-13-17-10-7-11-18(19(17)14-20)16-8-5-4-6-9-16/h3-13,15H,1H2,2H3/b13-12+. The first-order chi connectivity index (χ1) is 9.76. The van der Waals surface area contributed by atoms with Crippen molar-refractivity contribution in [3.63, 3.8) is 0 Å². The maximum Gasteiger partial charge on any atom is 0.100 e. The summed E-state index contributed by atoms with van der Waals surface area (Å²) in [7, 11) is 0. The topological polar surface area (TPSA) is 23.8 Å². The smallest absolute Gasteiger partial charge is 0.100 e. The third-order valence-corrected chi connectivity index (χ3v) is 3.24. The van der Waals surface area contributed by atoms with Crippen LogP contribution in [0.4, 0.5) is 0 Å². The zero-order chi connectivity index (χ0) is 14.4. The third kappa shape index (κ3) is 3.05. The molecule has 1 unspecified atom stereocenters. The van der Waals surface area contributed by atoms with E-state index in [0.29, 0.717) is 11.5 Å². The van der Waals surface area contributed by atoms with Crippen LogP contribution in [0, 0.1) is 17.2 Å². The maximum absolute atomic E-state index is 9.48. The van der Waals surface area contributed by atoms with E-state index in [-0.39, 0.29) is 0 Å². The molecular formula is C19H17N. The highest BCUT2D eigenvalue weighted by atomic mass is 14.3. The van der Waals surface area contributed by atoms with E-state index >= 15 is 0 Å². The van der Waals surface area contributed by atoms with Crippen molar-refractivity contribution in [2.45, 2.75) is 6.92 Å². The molecule has 0 fully saturated rings. The van der Waals surface area contributed by atoms with Gasteiger partial charge in [0, 0.05) is 5.56 Å². The van der Waals surface area contributed by atoms with Crippen LogP contribution in [0.5, 0.6) is 0 Å². The van der Waals surface area contributed by atoms with E-state index < -0.39 is 0 Å². The fourth-order valence-corrected chi connectivity index (χ4v) is 2.03. The van der Waals surface area contributed by atoms with Gasteiger partial charge in [0.05, 0.1) is 5.56 Å². The van der Waals surface area contributed by atoms with E-state index in [0.717, 1.165) is 16.7 Å². The Kier molecular flexibility index (Phi) is 4.52. The van der Waals surface area contributed by atoms with Gasteiger partial charge in [-0.2, -0.15) is 5.26 Å². The number of hydrogen-bond acceptors (Lipinski definition) is 1. The van der Waals surface area contributed by atoms with Gasteiger partial charge in [0.25, 0.3) is 0 Å². The number of nitriles is 1. The molecule has 0 aliphatic rings. The van der Waals surface area contributed by atoms with Crippen LogP contribution in [0.15, 0.2) is 67.3 Å². The second kappa shape index (κ2) is 6.54. The summed E-state index contributed by atoms with van der Waals surface area (Å²) < 4.78 is 0. The molecule has 2 aromatic rings. The van der Waals surface area contributed by atoms with Crippen LogP contribution in [0.3, 0.4) is 0 Å². The molecule has 1 nitrogen and oxygen atoms in total. The van der Waals surface area contributed by atoms with Crippen molar-refractivity contribution in [3.05, 3.63) is 78.4 Å². The zero-order valence-corrected chi connectivity index (χ0v) is 11.6. The summed E-state index contributed by atoms with van der Waals surface area (Å²) in [5.41, 5.74) is 3.70. The number of allylic oxidation sites excluding steroid dienone is 2.